The van der Waals surface area contributed by atoms with E-state index in [4.69, 9.17) is 4.74 Å². The molecule has 1 aliphatic heterocycles. The van der Waals surface area contributed by atoms with Gasteiger partial charge in [0.25, 0.3) is 5.91 Å². The fourth-order valence-electron chi connectivity index (χ4n) is 3.04. The molecule has 0 aliphatic carbocycles. The molecule has 1 atom stereocenters. The van der Waals surface area contributed by atoms with Crippen molar-refractivity contribution < 1.29 is 9.53 Å². The lowest BCUT2D eigenvalue weighted by Crippen LogP contribution is -2.24. The number of anilines is 1. The monoisotopic (exact) mass is 380 g/mol. The Labute approximate surface area is 161 Å². The SMILES string of the molecule is CSc1ccc(NC(=O)c2nnn3c2CO[C@H](c2ccc(C)cc2)C3)cc1. The molecule has 2 heterocycles. The summed E-state index contributed by atoms with van der Waals surface area (Å²) in [5.41, 5.74) is 4.05. The average Bonchev–Trinajstić information content (AvgIpc) is 3.12. The maximum Gasteiger partial charge on any atom is 0.278 e. The van der Waals surface area contributed by atoms with Crippen LogP contribution in [-0.4, -0.2) is 27.2 Å². The zero-order chi connectivity index (χ0) is 18.8. The van der Waals surface area contributed by atoms with Crippen LogP contribution in [0.1, 0.15) is 33.4 Å². The van der Waals surface area contributed by atoms with Crippen LogP contribution in [0.2, 0.25) is 0 Å². The third kappa shape index (κ3) is 3.74. The normalized spacial score (nSPS) is 16.0. The van der Waals surface area contributed by atoms with Gasteiger partial charge in [0.05, 0.1) is 18.8 Å². The molecule has 27 heavy (non-hydrogen) atoms. The second-order valence-electron chi connectivity index (χ2n) is 6.46. The predicted molar refractivity (Wildman–Crippen MR) is 105 cm³/mol. The van der Waals surface area contributed by atoms with Crippen LogP contribution < -0.4 is 5.32 Å². The van der Waals surface area contributed by atoms with E-state index in [1.807, 2.05) is 30.5 Å². The van der Waals surface area contributed by atoms with Crippen molar-refractivity contribution in [2.45, 2.75) is 31.1 Å². The highest BCUT2D eigenvalue weighted by molar-refractivity contribution is 7.98. The van der Waals surface area contributed by atoms with Crippen LogP contribution >= 0.6 is 11.8 Å². The minimum Gasteiger partial charge on any atom is -0.365 e. The molecule has 1 aromatic heterocycles. The van der Waals surface area contributed by atoms with Crippen LogP contribution in [0.5, 0.6) is 0 Å². The van der Waals surface area contributed by atoms with Crippen molar-refractivity contribution in [3.05, 3.63) is 71.0 Å². The van der Waals surface area contributed by atoms with Crippen LogP contribution in [0.3, 0.4) is 0 Å². The number of carbonyl (C=O) groups is 1. The minimum atomic E-state index is -0.273. The highest BCUT2D eigenvalue weighted by Crippen LogP contribution is 2.27. The number of carbonyl (C=O) groups excluding carboxylic acids is 1. The minimum absolute atomic E-state index is 0.0881. The molecule has 1 amide bonds. The van der Waals surface area contributed by atoms with E-state index in [1.54, 1.807) is 16.4 Å². The first kappa shape index (κ1) is 17.8. The number of nitrogens with one attached hydrogen (secondary N) is 1. The Morgan fingerprint density at radius 3 is 2.63 bits per heavy atom. The number of ether oxygens (including phenoxy) is 1. The number of amides is 1. The maximum atomic E-state index is 12.6. The van der Waals surface area contributed by atoms with Gasteiger partial charge in [-0.05, 0) is 43.0 Å². The van der Waals surface area contributed by atoms with Gasteiger partial charge in [0.15, 0.2) is 5.69 Å². The smallest absolute Gasteiger partial charge is 0.278 e. The van der Waals surface area contributed by atoms with Crippen molar-refractivity contribution in [1.29, 1.82) is 0 Å². The summed E-state index contributed by atoms with van der Waals surface area (Å²) in [4.78, 5) is 13.7. The molecule has 6 nitrogen and oxygen atoms in total. The van der Waals surface area contributed by atoms with Gasteiger partial charge >= 0.3 is 0 Å². The molecule has 0 saturated heterocycles. The summed E-state index contributed by atoms with van der Waals surface area (Å²) in [6.45, 7) is 2.90. The molecule has 3 aromatic rings. The third-order valence-electron chi connectivity index (χ3n) is 4.61. The van der Waals surface area contributed by atoms with Gasteiger partial charge in [0.2, 0.25) is 0 Å². The summed E-state index contributed by atoms with van der Waals surface area (Å²) < 4.78 is 7.74. The molecule has 2 aromatic carbocycles. The number of fused-ring (bicyclic) bond motifs is 1. The first-order valence-corrected chi connectivity index (χ1v) is 9.92. The molecule has 0 fully saturated rings. The molecule has 1 N–H and O–H groups in total. The summed E-state index contributed by atoms with van der Waals surface area (Å²) >= 11 is 1.66. The van der Waals surface area contributed by atoms with E-state index in [1.165, 1.54) is 5.56 Å². The van der Waals surface area contributed by atoms with Gasteiger partial charge in [-0.3, -0.25) is 4.79 Å². The lowest BCUT2D eigenvalue weighted by atomic mass is 10.1. The lowest BCUT2D eigenvalue weighted by Gasteiger charge is -2.24. The number of hydrogen-bond donors (Lipinski definition) is 1. The van der Waals surface area contributed by atoms with Crippen molar-refractivity contribution in [3.8, 4) is 0 Å². The summed E-state index contributed by atoms with van der Waals surface area (Å²) in [6, 6.07) is 16.0. The summed E-state index contributed by atoms with van der Waals surface area (Å²) in [5.74, 6) is -0.273. The van der Waals surface area contributed by atoms with Crippen LogP contribution in [0.25, 0.3) is 0 Å². The number of thioether (sulfide) groups is 1. The zero-order valence-corrected chi connectivity index (χ0v) is 16.0. The topological polar surface area (TPSA) is 69.0 Å². The number of aromatic nitrogens is 3. The fraction of sp³-hybridized carbons (Fsp3) is 0.250. The Kier molecular flexibility index (Phi) is 4.96. The van der Waals surface area contributed by atoms with Crippen molar-refractivity contribution in [2.24, 2.45) is 0 Å². The molecule has 1 aliphatic rings. The van der Waals surface area contributed by atoms with E-state index in [9.17, 15) is 4.79 Å². The largest absolute Gasteiger partial charge is 0.365 e. The first-order valence-electron chi connectivity index (χ1n) is 8.70. The molecule has 0 bridgehead atoms. The van der Waals surface area contributed by atoms with Crippen LogP contribution in [0, 0.1) is 6.92 Å². The zero-order valence-electron chi connectivity index (χ0n) is 15.2. The molecule has 0 unspecified atom stereocenters. The summed E-state index contributed by atoms with van der Waals surface area (Å²) in [6.07, 6.45) is 1.93. The van der Waals surface area contributed by atoms with Crippen LogP contribution in [0.4, 0.5) is 5.69 Å². The number of rotatable bonds is 4. The van der Waals surface area contributed by atoms with Gasteiger partial charge in [-0.1, -0.05) is 35.0 Å². The van der Waals surface area contributed by atoms with E-state index >= 15 is 0 Å². The lowest BCUT2D eigenvalue weighted by molar-refractivity contribution is -0.00171. The first-order chi connectivity index (χ1) is 13.1. The maximum absolute atomic E-state index is 12.6. The van der Waals surface area contributed by atoms with Crippen molar-refractivity contribution in [1.82, 2.24) is 15.0 Å². The second-order valence-corrected chi connectivity index (χ2v) is 7.34. The van der Waals surface area contributed by atoms with Crippen molar-refractivity contribution in [3.63, 3.8) is 0 Å². The van der Waals surface area contributed by atoms with Gasteiger partial charge in [-0.2, -0.15) is 0 Å². The van der Waals surface area contributed by atoms with Gasteiger partial charge in [0.1, 0.15) is 6.10 Å². The van der Waals surface area contributed by atoms with Gasteiger partial charge < -0.3 is 10.1 Å². The molecule has 0 saturated carbocycles. The van der Waals surface area contributed by atoms with E-state index in [-0.39, 0.29) is 12.0 Å². The number of benzene rings is 2. The number of aryl methyl sites for hydroxylation is 1. The quantitative estimate of drug-likeness (QED) is 0.697. The molecule has 4 rings (SSSR count). The molecular formula is C20H20N4O2S. The highest BCUT2D eigenvalue weighted by atomic mass is 32.2. The van der Waals surface area contributed by atoms with E-state index < -0.39 is 0 Å². The van der Waals surface area contributed by atoms with Crippen molar-refractivity contribution in [2.75, 3.05) is 11.6 Å². The standard InChI is InChI=1S/C20H20N4O2S/c1-13-3-5-14(6-4-13)18-11-24-17(12-26-18)19(22-23-24)20(25)21-15-7-9-16(27-2)10-8-15/h3-10,18H,11-12H2,1-2H3,(H,21,25)/t18-/m0/s1. The Morgan fingerprint density at radius 1 is 1.19 bits per heavy atom. The third-order valence-corrected chi connectivity index (χ3v) is 5.35. The average molecular weight is 380 g/mol. The van der Waals surface area contributed by atoms with E-state index in [0.717, 1.165) is 16.1 Å². The summed E-state index contributed by atoms with van der Waals surface area (Å²) in [7, 11) is 0. The van der Waals surface area contributed by atoms with Crippen molar-refractivity contribution >= 4 is 23.4 Å². The fourth-order valence-corrected chi connectivity index (χ4v) is 3.44. The van der Waals surface area contributed by atoms with E-state index in [2.05, 4.69) is 46.8 Å². The molecule has 0 spiro atoms. The Balaban J connectivity index is 1.48. The molecule has 0 radical (unpaired) electrons. The van der Waals surface area contributed by atoms with Gasteiger partial charge in [-0.25, -0.2) is 4.68 Å². The predicted octanol–water partition coefficient (Wildman–Crippen LogP) is 3.83. The number of hydrogen-bond acceptors (Lipinski definition) is 5. The van der Waals surface area contributed by atoms with Gasteiger partial charge in [0, 0.05) is 10.6 Å². The second kappa shape index (κ2) is 7.54. The van der Waals surface area contributed by atoms with Crippen LogP contribution in [0.15, 0.2) is 53.4 Å². The molecule has 138 valence electrons. The Bertz CT molecular complexity index is 951. The number of nitrogens with zero attached hydrogens (tertiary/aromatic N) is 3. The molecular weight excluding hydrogens is 360 g/mol. The van der Waals surface area contributed by atoms with Crippen LogP contribution in [-0.2, 0) is 17.9 Å². The van der Waals surface area contributed by atoms with E-state index in [0.29, 0.717) is 24.5 Å². The Hall–Kier alpha value is -2.64. The van der Waals surface area contributed by atoms with Gasteiger partial charge in [-0.15, -0.1) is 16.9 Å². The highest BCUT2D eigenvalue weighted by Gasteiger charge is 2.27. The summed E-state index contributed by atoms with van der Waals surface area (Å²) in [5, 5.41) is 11.1. The Morgan fingerprint density at radius 2 is 1.93 bits per heavy atom. The molecule has 7 heteroatoms.